The molecule has 0 heterocycles. The molecule has 0 nitrogen and oxygen atoms in total. The molecule has 0 aliphatic rings. The monoisotopic (exact) mass is 272 g/mol. The van der Waals surface area contributed by atoms with Crippen LogP contribution in [0.4, 0.5) is 39.5 Å². The zero-order valence-corrected chi connectivity index (χ0v) is 7.89. The minimum Gasteiger partial charge on any atom is -0.204 e. The fourth-order valence-electron chi connectivity index (χ4n) is 0.788. The number of halogens is 9. The zero-order chi connectivity index (χ0) is 14.1. The van der Waals surface area contributed by atoms with E-state index in [0.29, 0.717) is 6.08 Å². The van der Waals surface area contributed by atoms with Crippen LogP contribution in [-0.2, 0) is 0 Å². The molecule has 0 radical (unpaired) electrons. The Balaban J connectivity index is 5.74. The molecule has 0 aromatic carbocycles. The lowest BCUT2D eigenvalue weighted by molar-refractivity contribution is -0.272. The number of rotatable bonds is 3. The molecule has 0 atom stereocenters. The van der Waals surface area contributed by atoms with Crippen LogP contribution in [0.3, 0.4) is 0 Å². The van der Waals surface area contributed by atoms with Gasteiger partial charge in [-0.05, 0) is 6.42 Å². The van der Waals surface area contributed by atoms with E-state index >= 15 is 0 Å². The van der Waals surface area contributed by atoms with E-state index < -0.39 is 36.1 Å². The van der Waals surface area contributed by atoms with E-state index in [2.05, 4.69) is 6.58 Å². The normalized spacial score (nSPS) is 15.6. The Hall–Kier alpha value is -1.15. The number of hydrogen-bond acceptors (Lipinski definition) is 0. The van der Waals surface area contributed by atoms with E-state index in [1.54, 1.807) is 0 Å². The van der Waals surface area contributed by atoms with Gasteiger partial charge in [0.25, 0.3) is 0 Å². The fraction of sp³-hybridized carbons (Fsp3) is 0.500. The lowest BCUT2D eigenvalue weighted by Gasteiger charge is -2.21. The Kier molecular flexibility index (Phi) is 4.30. The second kappa shape index (κ2) is 4.61. The van der Waals surface area contributed by atoms with Gasteiger partial charge in [0.1, 0.15) is 0 Å². The van der Waals surface area contributed by atoms with Gasteiger partial charge in [-0.15, -0.1) is 6.58 Å². The summed E-state index contributed by atoms with van der Waals surface area (Å²) >= 11 is 0. The Morgan fingerprint density at radius 1 is 0.941 bits per heavy atom. The Morgan fingerprint density at radius 3 is 1.59 bits per heavy atom. The molecule has 0 bridgehead atoms. The van der Waals surface area contributed by atoms with Crippen molar-refractivity contribution in [2.45, 2.75) is 24.7 Å². The molecule has 0 fully saturated rings. The van der Waals surface area contributed by atoms with Gasteiger partial charge in [0.05, 0.1) is 5.57 Å². The highest BCUT2D eigenvalue weighted by atomic mass is 19.4. The third kappa shape index (κ3) is 3.40. The van der Waals surface area contributed by atoms with Crippen LogP contribution in [-0.4, -0.2) is 18.3 Å². The van der Waals surface area contributed by atoms with Gasteiger partial charge in [0.2, 0.25) is 0 Å². The largest absolute Gasteiger partial charge is 0.460 e. The zero-order valence-electron chi connectivity index (χ0n) is 7.89. The van der Waals surface area contributed by atoms with Gasteiger partial charge in [0, 0.05) is 0 Å². The first-order chi connectivity index (χ1) is 7.35. The third-order valence-electron chi connectivity index (χ3n) is 1.59. The maximum Gasteiger partial charge on any atom is 0.460 e. The van der Waals surface area contributed by atoms with Crippen LogP contribution in [0.1, 0.15) is 6.42 Å². The number of alkyl halides is 8. The van der Waals surface area contributed by atoms with Gasteiger partial charge in [-0.3, -0.25) is 0 Å². The second-order valence-corrected chi connectivity index (χ2v) is 2.86. The van der Waals surface area contributed by atoms with Crippen LogP contribution in [0, 0.1) is 0 Å². The van der Waals surface area contributed by atoms with Gasteiger partial charge in [-0.1, -0.05) is 6.08 Å². The highest BCUT2D eigenvalue weighted by Crippen LogP contribution is 2.46. The van der Waals surface area contributed by atoms with Crippen LogP contribution in [0.2, 0.25) is 0 Å². The summed E-state index contributed by atoms with van der Waals surface area (Å²) in [5, 5.41) is 0. The lowest BCUT2D eigenvalue weighted by atomic mass is 10.1. The molecule has 0 amide bonds. The smallest absolute Gasteiger partial charge is 0.204 e. The van der Waals surface area contributed by atoms with Crippen LogP contribution >= 0.6 is 0 Å². The van der Waals surface area contributed by atoms with Crippen LogP contribution in [0.15, 0.2) is 24.1 Å². The minimum atomic E-state index is -6.44. The maximum atomic E-state index is 12.7. The first-order valence-corrected chi connectivity index (χ1v) is 3.87. The molecule has 0 spiro atoms. The van der Waals surface area contributed by atoms with E-state index in [0.717, 1.165) is 0 Å². The van der Waals surface area contributed by atoms with Crippen LogP contribution < -0.4 is 0 Å². The molecule has 0 aliphatic carbocycles. The summed E-state index contributed by atoms with van der Waals surface area (Å²) in [6.45, 7) is 2.71. The highest BCUT2D eigenvalue weighted by Gasteiger charge is 2.63. The molecule has 9 heteroatoms. The molecule has 0 aliphatic heterocycles. The number of hydrogen-bond donors (Lipinski definition) is 0. The van der Waals surface area contributed by atoms with Gasteiger partial charge in [-0.25, -0.2) is 4.39 Å². The topological polar surface area (TPSA) is 0 Å². The average molecular weight is 272 g/mol. The SMILES string of the molecule is C=CC/C(=C(/F)C(F)(F)C(F)(F)F)C(F)(F)F. The van der Waals surface area contributed by atoms with Crippen LogP contribution in [0.5, 0.6) is 0 Å². The Morgan fingerprint density at radius 2 is 1.35 bits per heavy atom. The molecule has 17 heavy (non-hydrogen) atoms. The van der Waals surface area contributed by atoms with Crippen molar-refractivity contribution in [2.24, 2.45) is 0 Å². The van der Waals surface area contributed by atoms with Crippen molar-refractivity contribution in [3.8, 4) is 0 Å². The van der Waals surface area contributed by atoms with Gasteiger partial charge in [0.15, 0.2) is 5.83 Å². The van der Waals surface area contributed by atoms with Crippen molar-refractivity contribution in [3.63, 3.8) is 0 Å². The summed E-state index contributed by atoms with van der Waals surface area (Å²) in [5.41, 5.74) is -2.60. The summed E-state index contributed by atoms with van der Waals surface area (Å²) in [4.78, 5) is 0. The Labute approximate surface area is 89.4 Å². The van der Waals surface area contributed by atoms with Crippen molar-refractivity contribution in [2.75, 3.05) is 0 Å². The average Bonchev–Trinajstić information content (AvgIpc) is 2.09. The van der Waals surface area contributed by atoms with Crippen molar-refractivity contribution in [3.05, 3.63) is 24.1 Å². The van der Waals surface area contributed by atoms with E-state index in [1.165, 1.54) is 0 Å². The summed E-state index contributed by atoms with van der Waals surface area (Å²) in [6.07, 6.45) is -13.2. The maximum absolute atomic E-state index is 12.7. The predicted molar refractivity (Wildman–Crippen MR) is 40.0 cm³/mol. The van der Waals surface area contributed by atoms with Crippen molar-refractivity contribution < 1.29 is 39.5 Å². The summed E-state index contributed by atoms with van der Waals surface area (Å²) in [7, 11) is 0. The molecule has 100 valence electrons. The highest BCUT2D eigenvalue weighted by molar-refractivity contribution is 5.23. The van der Waals surface area contributed by atoms with Crippen molar-refractivity contribution in [1.82, 2.24) is 0 Å². The standard InChI is InChI=1S/C8H5F9/c1-2-3-4(7(12,13)14)5(9)6(10,11)8(15,16)17/h2H,1,3H2/b5-4-. The number of allylic oxidation sites excluding steroid dienone is 3. The van der Waals surface area contributed by atoms with E-state index in [9.17, 15) is 39.5 Å². The van der Waals surface area contributed by atoms with E-state index in [-0.39, 0.29) is 0 Å². The minimum absolute atomic E-state index is 0.370. The first-order valence-electron chi connectivity index (χ1n) is 3.87. The third-order valence-corrected chi connectivity index (χ3v) is 1.59. The van der Waals surface area contributed by atoms with Crippen LogP contribution in [0.25, 0.3) is 0 Å². The van der Waals surface area contributed by atoms with E-state index in [1.807, 2.05) is 0 Å². The van der Waals surface area contributed by atoms with Gasteiger partial charge < -0.3 is 0 Å². The van der Waals surface area contributed by atoms with Crippen molar-refractivity contribution >= 4 is 0 Å². The van der Waals surface area contributed by atoms with Gasteiger partial charge >= 0.3 is 18.3 Å². The molecular weight excluding hydrogens is 267 g/mol. The first kappa shape index (κ1) is 15.9. The molecular formula is C8H5F9. The van der Waals surface area contributed by atoms with Gasteiger partial charge in [-0.2, -0.15) is 35.1 Å². The molecule has 0 aromatic rings. The predicted octanol–water partition coefficient (Wildman–Crippen LogP) is 4.55. The molecule has 0 rings (SSSR count). The second-order valence-electron chi connectivity index (χ2n) is 2.86. The Bertz CT molecular complexity index is 317. The molecule has 0 saturated heterocycles. The molecule has 0 saturated carbocycles. The summed E-state index contributed by atoms with van der Waals surface area (Å²) in [6, 6.07) is 0. The van der Waals surface area contributed by atoms with E-state index in [4.69, 9.17) is 0 Å². The quantitative estimate of drug-likeness (QED) is 0.522. The fourth-order valence-corrected chi connectivity index (χ4v) is 0.788. The van der Waals surface area contributed by atoms with Crippen molar-refractivity contribution in [1.29, 1.82) is 0 Å². The molecule has 0 N–H and O–H groups in total. The molecule has 0 unspecified atom stereocenters. The summed E-state index contributed by atoms with van der Waals surface area (Å²) < 4.78 is 108. The summed E-state index contributed by atoms with van der Waals surface area (Å²) in [5.74, 6) is -9.74. The molecule has 0 aromatic heterocycles. The lowest BCUT2D eigenvalue weighted by Crippen LogP contribution is -2.38.